The van der Waals surface area contributed by atoms with Crippen LogP contribution in [0.4, 0.5) is 0 Å². The number of esters is 1. The molecule has 0 aliphatic rings. The monoisotopic (exact) mass is 249 g/mol. The number of carbonyl (C=O) groups is 1. The molecular formula is C15H23NO2. The predicted molar refractivity (Wildman–Crippen MR) is 73.9 cm³/mol. The van der Waals surface area contributed by atoms with Gasteiger partial charge in [-0.05, 0) is 44.5 Å². The summed E-state index contributed by atoms with van der Waals surface area (Å²) in [6.45, 7) is 8.72. The molecule has 1 rings (SSSR count). The van der Waals surface area contributed by atoms with Crippen molar-refractivity contribution in [2.45, 2.75) is 33.2 Å². The van der Waals surface area contributed by atoms with E-state index in [1.54, 1.807) is 0 Å². The van der Waals surface area contributed by atoms with Gasteiger partial charge in [-0.3, -0.25) is 0 Å². The van der Waals surface area contributed by atoms with Crippen LogP contribution in [0.3, 0.4) is 0 Å². The van der Waals surface area contributed by atoms with Crippen LogP contribution in [0, 0.1) is 0 Å². The summed E-state index contributed by atoms with van der Waals surface area (Å²) in [7, 11) is 1.40. The third-order valence-corrected chi connectivity index (χ3v) is 3.20. The van der Waals surface area contributed by atoms with Gasteiger partial charge in [-0.2, -0.15) is 0 Å². The van der Waals surface area contributed by atoms with Gasteiger partial charge in [-0.15, -0.1) is 0 Å². The first-order valence-electron chi connectivity index (χ1n) is 6.49. The van der Waals surface area contributed by atoms with Crippen LogP contribution in [0.1, 0.15) is 36.7 Å². The van der Waals surface area contributed by atoms with Gasteiger partial charge in [0.05, 0.1) is 12.7 Å². The summed E-state index contributed by atoms with van der Waals surface area (Å²) in [5.41, 5.74) is 1.86. The number of nitrogens with zero attached hydrogens (tertiary/aromatic N) is 1. The minimum atomic E-state index is -0.279. The Balaban J connectivity index is 2.56. The first kappa shape index (κ1) is 14.7. The average Bonchev–Trinajstić information content (AvgIpc) is 2.39. The molecule has 18 heavy (non-hydrogen) atoms. The molecule has 0 amide bonds. The number of carbonyl (C=O) groups excluding carboxylic acids is 1. The third kappa shape index (κ3) is 4.15. The lowest BCUT2D eigenvalue weighted by molar-refractivity contribution is 0.0600. The second-order valence-corrected chi connectivity index (χ2v) is 4.66. The fraction of sp³-hybridized carbons (Fsp3) is 0.533. The zero-order valence-corrected chi connectivity index (χ0v) is 11.8. The molecule has 0 saturated heterocycles. The van der Waals surface area contributed by atoms with Crippen LogP contribution >= 0.6 is 0 Å². The molecule has 3 heteroatoms. The molecular weight excluding hydrogens is 226 g/mol. The molecule has 0 atom stereocenters. The van der Waals surface area contributed by atoms with E-state index < -0.39 is 0 Å². The van der Waals surface area contributed by atoms with E-state index in [2.05, 4.69) is 30.4 Å². The van der Waals surface area contributed by atoms with Gasteiger partial charge in [-0.25, -0.2) is 4.79 Å². The van der Waals surface area contributed by atoms with E-state index in [9.17, 15) is 4.79 Å². The van der Waals surface area contributed by atoms with E-state index in [1.165, 1.54) is 12.7 Å². The zero-order valence-electron chi connectivity index (χ0n) is 11.8. The summed E-state index contributed by atoms with van der Waals surface area (Å²) in [5.74, 6) is -0.279. The van der Waals surface area contributed by atoms with E-state index in [1.807, 2.05) is 24.3 Å². The van der Waals surface area contributed by atoms with Crippen molar-refractivity contribution >= 4 is 5.97 Å². The van der Waals surface area contributed by atoms with Gasteiger partial charge in [0.15, 0.2) is 0 Å². The molecule has 0 aliphatic carbocycles. The van der Waals surface area contributed by atoms with Crippen LogP contribution in [0.25, 0.3) is 0 Å². The average molecular weight is 249 g/mol. The maximum Gasteiger partial charge on any atom is 0.337 e. The highest BCUT2D eigenvalue weighted by atomic mass is 16.5. The number of methoxy groups -OCH3 is 1. The molecule has 0 N–H and O–H groups in total. The van der Waals surface area contributed by atoms with Crippen molar-refractivity contribution in [3.05, 3.63) is 35.4 Å². The maximum absolute atomic E-state index is 11.3. The molecule has 0 saturated carbocycles. The quantitative estimate of drug-likeness (QED) is 0.726. The van der Waals surface area contributed by atoms with Crippen LogP contribution in [0.15, 0.2) is 24.3 Å². The second kappa shape index (κ2) is 7.17. The van der Waals surface area contributed by atoms with Gasteiger partial charge in [-0.1, -0.05) is 19.1 Å². The summed E-state index contributed by atoms with van der Waals surface area (Å²) in [5, 5.41) is 0. The molecule has 0 heterocycles. The highest BCUT2D eigenvalue weighted by Crippen LogP contribution is 2.08. The van der Waals surface area contributed by atoms with Gasteiger partial charge in [0.1, 0.15) is 0 Å². The Morgan fingerprint density at radius 3 is 2.33 bits per heavy atom. The summed E-state index contributed by atoms with van der Waals surface area (Å²) in [4.78, 5) is 13.7. The van der Waals surface area contributed by atoms with Crippen molar-refractivity contribution in [3.8, 4) is 0 Å². The van der Waals surface area contributed by atoms with Gasteiger partial charge >= 0.3 is 5.97 Å². The Kier molecular flexibility index (Phi) is 5.86. The molecule has 1 aromatic carbocycles. The van der Waals surface area contributed by atoms with Crippen molar-refractivity contribution in [1.82, 2.24) is 4.90 Å². The molecule has 0 bridgehead atoms. The van der Waals surface area contributed by atoms with Crippen molar-refractivity contribution in [2.75, 3.05) is 20.2 Å². The fourth-order valence-corrected chi connectivity index (χ4v) is 1.98. The molecule has 0 radical (unpaired) electrons. The Morgan fingerprint density at radius 1 is 1.28 bits per heavy atom. The number of hydrogen-bond acceptors (Lipinski definition) is 3. The number of rotatable bonds is 6. The SMILES string of the molecule is CCN(CCc1ccc(C(=O)OC)cc1)C(C)C. The van der Waals surface area contributed by atoms with Gasteiger partial charge < -0.3 is 9.64 Å². The van der Waals surface area contributed by atoms with Crippen LogP contribution in [-0.2, 0) is 11.2 Å². The zero-order chi connectivity index (χ0) is 13.5. The second-order valence-electron chi connectivity index (χ2n) is 4.66. The highest BCUT2D eigenvalue weighted by molar-refractivity contribution is 5.89. The molecule has 0 aliphatic heterocycles. The summed E-state index contributed by atoms with van der Waals surface area (Å²) < 4.78 is 4.68. The van der Waals surface area contributed by atoms with Gasteiger partial charge in [0.25, 0.3) is 0 Å². The maximum atomic E-state index is 11.3. The van der Waals surface area contributed by atoms with Crippen LogP contribution in [0.5, 0.6) is 0 Å². The van der Waals surface area contributed by atoms with E-state index in [0.717, 1.165) is 19.5 Å². The predicted octanol–water partition coefficient (Wildman–Crippen LogP) is 2.75. The van der Waals surface area contributed by atoms with Crippen LogP contribution in [-0.4, -0.2) is 37.1 Å². The lowest BCUT2D eigenvalue weighted by Crippen LogP contribution is -2.32. The lowest BCUT2D eigenvalue weighted by Gasteiger charge is -2.24. The highest BCUT2D eigenvalue weighted by Gasteiger charge is 2.08. The first-order chi connectivity index (χ1) is 8.58. The minimum absolute atomic E-state index is 0.279. The van der Waals surface area contributed by atoms with Gasteiger partial charge in [0, 0.05) is 12.6 Å². The molecule has 0 fully saturated rings. The fourth-order valence-electron chi connectivity index (χ4n) is 1.98. The largest absolute Gasteiger partial charge is 0.465 e. The van der Waals surface area contributed by atoms with Crippen LogP contribution < -0.4 is 0 Å². The summed E-state index contributed by atoms with van der Waals surface area (Å²) in [6, 6.07) is 8.23. The molecule has 3 nitrogen and oxygen atoms in total. The van der Waals surface area contributed by atoms with E-state index in [-0.39, 0.29) is 5.97 Å². The number of ether oxygens (including phenoxy) is 1. The Bertz CT molecular complexity index is 371. The Morgan fingerprint density at radius 2 is 1.89 bits per heavy atom. The number of benzene rings is 1. The molecule has 100 valence electrons. The van der Waals surface area contributed by atoms with Crippen molar-refractivity contribution in [3.63, 3.8) is 0 Å². The van der Waals surface area contributed by atoms with Crippen LogP contribution in [0.2, 0.25) is 0 Å². The smallest absolute Gasteiger partial charge is 0.337 e. The van der Waals surface area contributed by atoms with Crippen molar-refractivity contribution < 1.29 is 9.53 Å². The standard InChI is InChI=1S/C15H23NO2/c1-5-16(12(2)3)11-10-13-6-8-14(9-7-13)15(17)18-4/h6-9,12H,5,10-11H2,1-4H3. The molecule has 0 aromatic heterocycles. The molecule has 0 unspecified atom stereocenters. The number of hydrogen-bond donors (Lipinski definition) is 0. The Labute approximate surface area is 110 Å². The Hall–Kier alpha value is -1.35. The topological polar surface area (TPSA) is 29.5 Å². The lowest BCUT2D eigenvalue weighted by atomic mass is 10.1. The third-order valence-electron chi connectivity index (χ3n) is 3.20. The van der Waals surface area contributed by atoms with E-state index in [4.69, 9.17) is 0 Å². The molecule has 1 aromatic rings. The van der Waals surface area contributed by atoms with E-state index >= 15 is 0 Å². The first-order valence-corrected chi connectivity index (χ1v) is 6.49. The molecule has 0 spiro atoms. The normalized spacial score (nSPS) is 11.0. The van der Waals surface area contributed by atoms with Gasteiger partial charge in [0.2, 0.25) is 0 Å². The number of likely N-dealkylation sites (N-methyl/N-ethyl adjacent to an activating group) is 1. The summed E-state index contributed by atoms with van der Waals surface area (Å²) in [6.07, 6.45) is 1.01. The summed E-state index contributed by atoms with van der Waals surface area (Å²) >= 11 is 0. The van der Waals surface area contributed by atoms with Crippen molar-refractivity contribution in [2.24, 2.45) is 0 Å². The minimum Gasteiger partial charge on any atom is -0.465 e. The van der Waals surface area contributed by atoms with E-state index in [0.29, 0.717) is 11.6 Å². The van der Waals surface area contributed by atoms with Crippen molar-refractivity contribution in [1.29, 1.82) is 0 Å².